The summed E-state index contributed by atoms with van der Waals surface area (Å²) in [5.74, 6) is 0.679. The van der Waals surface area contributed by atoms with Crippen LogP contribution in [0.25, 0.3) is 0 Å². The zero-order valence-electron chi connectivity index (χ0n) is 10.0. The Bertz CT molecular complexity index is 118. The Labute approximate surface area is 88.2 Å². The van der Waals surface area contributed by atoms with Gasteiger partial charge in [0, 0.05) is 19.2 Å². The topological polar surface area (TPSA) is 30.5 Å². The summed E-state index contributed by atoms with van der Waals surface area (Å²) in [4.78, 5) is 0. The minimum absolute atomic E-state index is 0.561. The molecule has 0 bridgehead atoms. The molecule has 3 heteroatoms. The van der Waals surface area contributed by atoms with Gasteiger partial charge in [-0.15, -0.1) is 0 Å². The fraction of sp³-hybridized carbons (Fsp3) is 1.00. The minimum Gasteiger partial charge on any atom is -0.379 e. The number of hydrogen-bond acceptors (Lipinski definition) is 3. The van der Waals surface area contributed by atoms with Crippen molar-refractivity contribution in [2.75, 3.05) is 33.0 Å². The van der Waals surface area contributed by atoms with E-state index in [1.807, 2.05) is 6.92 Å². The first-order valence-corrected chi connectivity index (χ1v) is 5.57. The van der Waals surface area contributed by atoms with Crippen molar-refractivity contribution >= 4 is 0 Å². The summed E-state index contributed by atoms with van der Waals surface area (Å²) in [7, 11) is 0. The van der Waals surface area contributed by atoms with Crippen molar-refractivity contribution < 1.29 is 9.47 Å². The van der Waals surface area contributed by atoms with Crippen molar-refractivity contribution in [1.29, 1.82) is 0 Å². The van der Waals surface area contributed by atoms with E-state index in [1.54, 1.807) is 0 Å². The van der Waals surface area contributed by atoms with Crippen LogP contribution >= 0.6 is 0 Å². The quantitative estimate of drug-likeness (QED) is 0.578. The molecule has 0 radical (unpaired) electrons. The highest BCUT2D eigenvalue weighted by Gasteiger charge is 2.04. The predicted octanol–water partition coefficient (Wildman–Crippen LogP) is 1.67. The molecule has 0 spiro atoms. The molecule has 14 heavy (non-hydrogen) atoms. The summed E-state index contributed by atoms with van der Waals surface area (Å²) < 4.78 is 10.5. The third kappa shape index (κ3) is 8.48. The third-order valence-electron chi connectivity index (χ3n) is 2.29. The average molecular weight is 203 g/mol. The van der Waals surface area contributed by atoms with Crippen molar-refractivity contribution in [3.8, 4) is 0 Å². The van der Waals surface area contributed by atoms with Crippen LogP contribution in [0.4, 0.5) is 0 Å². The first-order chi connectivity index (χ1) is 6.68. The molecule has 0 amide bonds. The van der Waals surface area contributed by atoms with Crippen LogP contribution in [0.1, 0.15) is 27.7 Å². The summed E-state index contributed by atoms with van der Waals surface area (Å²) in [6.07, 6.45) is 0. The lowest BCUT2D eigenvalue weighted by Gasteiger charge is -2.17. The van der Waals surface area contributed by atoms with Crippen molar-refractivity contribution in [2.24, 2.45) is 5.92 Å². The van der Waals surface area contributed by atoms with Gasteiger partial charge in [-0.3, -0.25) is 0 Å². The maximum Gasteiger partial charge on any atom is 0.0701 e. The zero-order valence-corrected chi connectivity index (χ0v) is 10.0. The van der Waals surface area contributed by atoms with Gasteiger partial charge in [0.05, 0.1) is 19.8 Å². The Hall–Kier alpha value is -0.120. The normalized spacial score (nSPS) is 13.5. The van der Waals surface area contributed by atoms with Crippen molar-refractivity contribution in [3.63, 3.8) is 0 Å². The van der Waals surface area contributed by atoms with Gasteiger partial charge in [-0.1, -0.05) is 13.8 Å². The van der Waals surface area contributed by atoms with E-state index in [1.165, 1.54) is 0 Å². The molecule has 0 saturated heterocycles. The molecule has 1 N–H and O–H groups in total. The molecule has 0 aromatic rings. The second-order valence-corrected chi connectivity index (χ2v) is 3.80. The molecule has 1 atom stereocenters. The van der Waals surface area contributed by atoms with Gasteiger partial charge in [-0.05, 0) is 19.8 Å². The summed E-state index contributed by atoms with van der Waals surface area (Å²) in [5, 5.41) is 3.41. The molecule has 0 heterocycles. The highest BCUT2D eigenvalue weighted by atomic mass is 16.5. The van der Waals surface area contributed by atoms with Gasteiger partial charge in [-0.2, -0.15) is 0 Å². The second kappa shape index (κ2) is 9.44. The maximum atomic E-state index is 5.38. The van der Waals surface area contributed by atoms with Gasteiger partial charge in [0.2, 0.25) is 0 Å². The molecule has 0 fully saturated rings. The van der Waals surface area contributed by atoms with Crippen LogP contribution in [-0.4, -0.2) is 39.0 Å². The van der Waals surface area contributed by atoms with Gasteiger partial charge in [0.25, 0.3) is 0 Å². The Kier molecular flexibility index (Phi) is 9.35. The lowest BCUT2D eigenvalue weighted by molar-refractivity contribution is 0.0530. The van der Waals surface area contributed by atoms with Crippen LogP contribution in [0.3, 0.4) is 0 Å². The van der Waals surface area contributed by atoms with Crippen LogP contribution in [0.2, 0.25) is 0 Å². The summed E-state index contributed by atoms with van der Waals surface area (Å²) >= 11 is 0. The Balaban J connectivity index is 3.06. The molecule has 0 aromatic carbocycles. The highest BCUT2D eigenvalue weighted by Crippen LogP contribution is 1.98. The van der Waals surface area contributed by atoms with Crippen molar-refractivity contribution in [2.45, 2.75) is 33.7 Å². The third-order valence-corrected chi connectivity index (χ3v) is 2.29. The van der Waals surface area contributed by atoms with Gasteiger partial charge in [0.15, 0.2) is 0 Å². The van der Waals surface area contributed by atoms with Gasteiger partial charge in [0.1, 0.15) is 0 Å². The van der Waals surface area contributed by atoms with Gasteiger partial charge in [-0.25, -0.2) is 0 Å². The summed E-state index contributed by atoms with van der Waals surface area (Å²) in [6, 6.07) is 0.561. The number of rotatable bonds is 9. The average Bonchev–Trinajstić information content (AvgIpc) is 2.16. The molecule has 0 aliphatic rings. The molecule has 3 nitrogen and oxygen atoms in total. The fourth-order valence-electron chi connectivity index (χ4n) is 0.959. The molecular weight excluding hydrogens is 178 g/mol. The first kappa shape index (κ1) is 13.9. The van der Waals surface area contributed by atoms with Crippen LogP contribution in [0.15, 0.2) is 0 Å². The van der Waals surface area contributed by atoms with E-state index in [9.17, 15) is 0 Å². The van der Waals surface area contributed by atoms with E-state index in [-0.39, 0.29) is 0 Å². The zero-order chi connectivity index (χ0) is 10.8. The number of ether oxygens (including phenoxy) is 2. The standard InChI is InChI=1S/C11H25NO2/c1-5-13-8-9-14-7-6-12-11(4)10(2)3/h10-12H,5-9H2,1-4H3. The Morgan fingerprint density at radius 1 is 1.00 bits per heavy atom. The Morgan fingerprint density at radius 2 is 1.64 bits per heavy atom. The number of nitrogens with one attached hydrogen (secondary N) is 1. The first-order valence-electron chi connectivity index (χ1n) is 5.57. The van der Waals surface area contributed by atoms with E-state index in [2.05, 4.69) is 26.1 Å². The molecule has 0 aliphatic heterocycles. The van der Waals surface area contributed by atoms with Crippen LogP contribution in [-0.2, 0) is 9.47 Å². The molecule has 0 rings (SSSR count). The molecule has 0 aromatic heterocycles. The SMILES string of the molecule is CCOCCOCCNC(C)C(C)C. The smallest absolute Gasteiger partial charge is 0.0701 e. The Morgan fingerprint density at radius 3 is 2.21 bits per heavy atom. The number of hydrogen-bond donors (Lipinski definition) is 1. The molecule has 0 aliphatic carbocycles. The maximum absolute atomic E-state index is 5.38. The lowest BCUT2D eigenvalue weighted by atomic mass is 10.1. The molecule has 1 unspecified atom stereocenters. The second-order valence-electron chi connectivity index (χ2n) is 3.80. The van der Waals surface area contributed by atoms with Crippen LogP contribution < -0.4 is 5.32 Å². The molecule has 86 valence electrons. The lowest BCUT2D eigenvalue weighted by Crippen LogP contribution is -2.33. The van der Waals surface area contributed by atoms with Gasteiger partial charge < -0.3 is 14.8 Å². The molecular formula is C11H25NO2. The minimum atomic E-state index is 0.561. The van der Waals surface area contributed by atoms with E-state index in [0.717, 1.165) is 19.8 Å². The fourth-order valence-corrected chi connectivity index (χ4v) is 0.959. The van der Waals surface area contributed by atoms with Crippen molar-refractivity contribution in [1.82, 2.24) is 5.32 Å². The van der Waals surface area contributed by atoms with Crippen LogP contribution in [0.5, 0.6) is 0 Å². The van der Waals surface area contributed by atoms with Gasteiger partial charge >= 0.3 is 0 Å². The summed E-state index contributed by atoms with van der Waals surface area (Å²) in [6.45, 7) is 12.5. The van der Waals surface area contributed by atoms with Crippen LogP contribution in [0, 0.1) is 5.92 Å². The van der Waals surface area contributed by atoms with Crippen molar-refractivity contribution in [3.05, 3.63) is 0 Å². The summed E-state index contributed by atoms with van der Waals surface area (Å²) in [5.41, 5.74) is 0. The van der Waals surface area contributed by atoms with E-state index < -0.39 is 0 Å². The molecule has 0 saturated carbocycles. The largest absolute Gasteiger partial charge is 0.379 e. The monoisotopic (exact) mass is 203 g/mol. The van der Waals surface area contributed by atoms with E-state index in [0.29, 0.717) is 25.2 Å². The van der Waals surface area contributed by atoms with E-state index >= 15 is 0 Å². The van der Waals surface area contributed by atoms with E-state index in [4.69, 9.17) is 9.47 Å². The predicted molar refractivity (Wildman–Crippen MR) is 59.6 cm³/mol. The highest BCUT2D eigenvalue weighted by molar-refractivity contribution is 4.63.